The van der Waals surface area contributed by atoms with Gasteiger partial charge in [-0.2, -0.15) is 0 Å². The van der Waals surface area contributed by atoms with Crippen LogP contribution in [0.4, 0.5) is 0 Å². The van der Waals surface area contributed by atoms with Gasteiger partial charge >= 0.3 is 0 Å². The van der Waals surface area contributed by atoms with Crippen molar-refractivity contribution in [3.63, 3.8) is 0 Å². The summed E-state index contributed by atoms with van der Waals surface area (Å²) in [5.41, 5.74) is 1.30. The van der Waals surface area contributed by atoms with Gasteiger partial charge in [0.15, 0.2) is 0 Å². The minimum absolute atomic E-state index is 0.217. The van der Waals surface area contributed by atoms with Crippen LogP contribution >= 0.6 is 15.9 Å². The van der Waals surface area contributed by atoms with E-state index in [9.17, 15) is 0 Å². The van der Waals surface area contributed by atoms with Gasteiger partial charge in [0, 0.05) is 11.6 Å². The van der Waals surface area contributed by atoms with Gasteiger partial charge < -0.3 is 4.74 Å². The van der Waals surface area contributed by atoms with Gasteiger partial charge in [-0.05, 0) is 18.4 Å². The Labute approximate surface area is 106 Å². The summed E-state index contributed by atoms with van der Waals surface area (Å²) >= 11 is 3.41. The molecule has 0 heterocycles. The molecule has 0 radical (unpaired) electrons. The second kappa shape index (κ2) is 7.42. The number of benzene rings is 1. The number of methoxy groups -OCH3 is 1. The van der Waals surface area contributed by atoms with E-state index in [1.165, 1.54) is 5.56 Å². The minimum atomic E-state index is 0.217. The molecule has 0 saturated carbocycles. The monoisotopic (exact) mass is 280 g/mol. The van der Waals surface area contributed by atoms with Crippen molar-refractivity contribution in [1.29, 1.82) is 0 Å². The molecule has 2 heteroatoms. The molecule has 0 aromatic heterocycles. The summed E-state index contributed by atoms with van der Waals surface area (Å²) in [5, 5.41) is 0. The number of halogens is 1. The average molecular weight is 281 g/mol. The van der Waals surface area contributed by atoms with Crippen LogP contribution in [0.15, 0.2) is 53.5 Å². The molecule has 1 nitrogen and oxygen atoms in total. The highest BCUT2D eigenvalue weighted by atomic mass is 79.9. The summed E-state index contributed by atoms with van der Waals surface area (Å²) in [6, 6.07) is 10.4. The molecule has 0 amide bonds. The van der Waals surface area contributed by atoms with Crippen molar-refractivity contribution < 1.29 is 4.74 Å². The van der Waals surface area contributed by atoms with Crippen molar-refractivity contribution in [3.05, 3.63) is 59.1 Å². The first kappa shape index (κ1) is 13.2. The number of allylic oxidation sites excluding steroid dienone is 2. The number of hydrogen-bond donors (Lipinski definition) is 0. The molecule has 1 atom stereocenters. The zero-order valence-corrected chi connectivity index (χ0v) is 11.1. The van der Waals surface area contributed by atoms with Crippen molar-refractivity contribution in [1.82, 2.24) is 0 Å². The molecule has 0 bridgehead atoms. The van der Waals surface area contributed by atoms with Gasteiger partial charge in [0.2, 0.25) is 0 Å². The Balaban J connectivity index is 2.53. The minimum Gasteiger partial charge on any atom is -0.381 e. The predicted molar refractivity (Wildman–Crippen MR) is 72.8 cm³/mol. The summed E-state index contributed by atoms with van der Waals surface area (Å²) in [6.45, 7) is 3.69. The zero-order valence-electron chi connectivity index (χ0n) is 9.53. The van der Waals surface area contributed by atoms with Crippen molar-refractivity contribution in [3.8, 4) is 0 Å². The first-order valence-corrected chi connectivity index (χ1v) is 6.10. The van der Waals surface area contributed by atoms with Crippen LogP contribution in [0.2, 0.25) is 0 Å². The fraction of sp³-hybridized carbons (Fsp3) is 0.286. The van der Waals surface area contributed by atoms with Crippen LogP contribution in [-0.2, 0) is 11.2 Å². The Kier molecular flexibility index (Phi) is 6.12. The van der Waals surface area contributed by atoms with E-state index < -0.39 is 0 Å². The van der Waals surface area contributed by atoms with E-state index in [-0.39, 0.29) is 6.10 Å². The van der Waals surface area contributed by atoms with Crippen LogP contribution in [0, 0.1) is 0 Å². The SMILES string of the molecule is C=C/C(Br)=C/CC(Cc1ccccc1)OC. The van der Waals surface area contributed by atoms with E-state index >= 15 is 0 Å². The van der Waals surface area contributed by atoms with Crippen molar-refractivity contribution >= 4 is 15.9 Å². The highest BCUT2D eigenvalue weighted by Gasteiger charge is 2.06. The highest BCUT2D eigenvalue weighted by molar-refractivity contribution is 9.11. The van der Waals surface area contributed by atoms with Crippen molar-refractivity contribution in [2.24, 2.45) is 0 Å². The molecule has 1 aromatic carbocycles. The van der Waals surface area contributed by atoms with Crippen LogP contribution < -0.4 is 0 Å². The summed E-state index contributed by atoms with van der Waals surface area (Å²) in [7, 11) is 1.75. The third-order valence-corrected chi connectivity index (χ3v) is 3.06. The highest BCUT2D eigenvalue weighted by Crippen LogP contribution is 2.13. The summed E-state index contributed by atoms with van der Waals surface area (Å²) in [4.78, 5) is 0. The van der Waals surface area contributed by atoms with Crippen LogP contribution in [-0.4, -0.2) is 13.2 Å². The normalized spacial score (nSPS) is 13.5. The van der Waals surface area contributed by atoms with Gasteiger partial charge in [-0.1, -0.05) is 65.0 Å². The Morgan fingerprint density at radius 1 is 1.44 bits per heavy atom. The molecule has 0 aliphatic heterocycles. The van der Waals surface area contributed by atoms with E-state index in [0.717, 1.165) is 17.3 Å². The van der Waals surface area contributed by atoms with E-state index in [1.54, 1.807) is 13.2 Å². The Hall–Kier alpha value is -0.860. The molecule has 0 N–H and O–H groups in total. The molecule has 0 spiro atoms. The molecule has 0 aliphatic carbocycles. The smallest absolute Gasteiger partial charge is 0.0646 e. The third kappa shape index (κ3) is 4.77. The first-order chi connectivity index (χ1) is 7.76. The standard InChI is InChI=1S/C14H17BrO/c1-3-13(15)9-10-14(16-2)11-12-7-5-4-6-8-12/h3-9,14H,1,10-11H2,2H3/b13-9-. The van der Waals surface area contributed by atoms with Crippen LogP contribution in [0.3, 0.4) is 0 Å². The van der Waals surface area contributed by atoms with Crippen LogP contribution in [0.25, 0.3) is 0 Å². The molecule has 1 unspecified atom stereocenters. The largest absolute Gasteiger partial charge is 0.381 e. The molecule has 86 valence electrons. The number of rotatable bonds is 6. The van der Waals surface area contributed by atoms with E-state index in [1.807, 2.05) is 6.07 Å². The molecular weight excluding hydrogens is 264 g/mol. The fourth-order valence-corrected chi connectivity index (χ4v) is 1.65. The van der Waals surface area contributed by atoms with E-state index in [4.69, 9.17) is 4.74 Å². The van der Waals surface area contributed by atoms with Crippen LogP contribution in [0.5, 0.6) is 0 Å². The van der Waals surface area contributed by atoms with Gasteiger partial charge in [0.1, 0.15) is 0 Å². The molecular formula is C14H17BrO. The Morgan fingerprint density at radius 3 is 2.69 bits per heavy atom. The van der Waals surface area contributed by atoms with Gasteiger partial charge in [-0.15, -0.1) is 0 Å². The lowest BCUT2D eigenvalue weighted by atomic mass is 10.1. The molecule has 1 aromatic rings. The Bertz CT molecular complexity index is 343. The van der Waals surface area contributed by atoms with Crippen molar-refractivity contribution in [2.45, 2.75) is 18.9 Å². The topological polar surface area (TPSA) is 9.23 Å². The summed E-state index contributed by atoms with van der Waals surface area (Å²) in [5.74, 6) is 0. The predicted octanol–water partition coefficient (Wildman–Crippen LogP) is 4.10. The number of ether oxygens (including phenoxy) is 1. The maximum absolute atomic E-state index is 5.45. The van der Waals surface area contributed by atoms with Crippen molar-refractivity contribution in [2.75, 3.05) is 7.11 Å². The average Bonchev–Trinajstić information content (AvgIpc) is 2.35. The molecule has 0 aliphatic rings. The molecule has 1 rings (SSSR count). The fourth-order valence-electron chi connectivity index (χ4n) is 1.47. The van der Waals surface area contributed by atoms with E-state index in [2.05, 4.69) is 52.9 Å². The lowest BCUT2D eigenvalue weighted by molar-refractivity contribution is 0.105. The lowest BCUT2D eigenvalue weighted by Crippen LogP contribution is -2.12. The first-order valence-electron chi connectivity index (χ1n) is 5.31. The van der Waals surface area contributed by atoms with Gasteiger partial charge in [0.05, 0.1) is 6.10 Å². The number of hydrogen-bond acceptors (Lipinski definition) is 1. The molecule has 0 fully saturated rings. The van der Waals surface area contributed by atoms with Gasteiger partial charge in [-0.3, -0.25) is 0 Å². The lowest BCUT2D eigenvalue weighted by Gasteiger charge is -2.13. The second-order valence-electron chi connectivity index (χ2n) is 3.58. The maximum Gasteiger partial charge on any atom is 0.0646 e. The van der Waals surface area contributed by atoms with Gasteiger partial charge in [0.25, 0.3) is 0 Å². The van der Waals surface area contributed by atoms with E-state index in [0.29, 0.717) is 0 Å². The third-order valence-electron chi connectivity index (χ3n) is 2.41. The summed E-state index contributed by atoms with van der Waals surface area (Å²) in [6.07, 6.45) is 5.91. The maximum atomic E-state index is 5.45. The summed E-state index contributed by atoms with van der Waals surface area (Å²) < 4.78 is 6.47. The molecule has 16 heavy (non-hydrogen) atoms. The molecule has 0 saturated heterocycles. The quantitative estimate of drug-likeness (QED) is 0.713. The second-order valence-corrected chi connectivity index (χ2v) is 4.49. The van der Waals surface area contributed by atoms with Gasteiger partial charge in [-0.25, -0.2) is 0 Å². The van der Waals surface area contributed by atoms with Crippen LogP contribution in [0.1, 0.15) is 12.0 Å². The zero-order chi connectivity index (χ0) is 11.8. The Morgan fingerprint density at radius 2 is 2.12 bits per heavy atom.